The first-order valence-corrected chi connectivity index (χ1v) is 11.8. The van der Waals surface area contributed by atoms with Gasteiger partial charge in [-0.2, -0.15) is 0 Å². The lowest BCUT2D eigenvalue weighted by Gasteiger charge is -2.27. The van der Waals surface area contributed by atoms with Crippen molar-refractivity contribution in [2.24, 2.45) is 5.73 Å². The summed E-state index contributed by atoms with van der Waals surface area (Å²) < 4.78 is 27.1. The SMILES string of the molecule is CCc1ccc([C@H]2C(S(=O)(=O)c3ccccc3)=C(O)C(=O)N2c2ccc(C(N)=O)cc2)cc1. The first kappa shape index (κ1) is 22.3. The Morgan fingerprint density at radius 2 is 1.58 bits per heavy atom. The van der Waals surface area contributed by atoms with Gasteiger partial charge >= 0.3 is 0 Å². The van der Waals surface area contributed by atoms with Crippen LogP contribution in [0.1, 0.15) is 34.5 Å². The Morgan fingerprint density at radius 1 is 0.970 bits per heavy atom. The van der Waals surface area contributed by atoms with Crippen LogP contribution in [0.2, 0.25) is 0 Å². The van der Waals surface area contributed by atoms with Crippen molar-refractivity contribution >= 4 is 27.3 Å². The molecule has 3 aromatic carbocycles. The molecule has 0 radical (unpaired) electrons. The minimum absolute atomic E-state index is 0.0274. The first-order valence-electron chi connectivity index (χ1n) is 10.3. The molecule has 4 rings (SSSR count). The molecule has 0 aromatic heterocycles. The molecule has 0 spiro atoms. The molecule has 33 heavy (non-hydrogen) atoms. The average Bonchev–Trinajstić information content (AvgIpc) is 3.10. The van der Waals surface area contributed by atoms with Gasteiger partial charge in [0, 0.05) is 11.3 Å². The highest BCUT2D eigenvalue weighted by molar-refractivity contribution is 7.95. The number of benzene rings is 3. The Balaban J connectivity index is 1.91. The molecule has 8 heteroatoms. The molecule has 1 aliphatic rings. The molecular weight excluding hydrogens is 440 g/mol. The Kier molecular flexibility index (Phi) is 5.78. The van der Waals surface area contributed by atoms with Crippen LogP contribution in [-0.4, -0.2) is 25.3 Å². The number of rotatable bonds is 6. The smallest absolute Gasteiger partial charge is 0.295 e. The van der Waals surface area contributed by atoms with Gasteiger partial charge in [0.15, 0.2) is 5.76 Å². The fourth-order valence-corrected chi connectivity index (χ4v) is 5.52. The molecule has 0 bridgehead atoms. The summed E-state index contributed by atoms with van der Waals surface area (Å²) in [5.74, 6) is -2.31. The number of aryl methyl sites for hydroxylation is 1. The minimum Gasteiger partial charge on any atom is -0.502 e. The monoisotopic (exact) mass is 462 g/mol. The maximum Gasteiger partial charge on any atom is 0.295 e. The number of aliphatic hydroxyl groups is 1. The minimum atomic E-state index is -4.20. The molecule has 1 atom stereocenters. The Labute approximate surface area is 191 Å². The summed E-state index contributed by atoms with van der Waals surface area (Å²) in [7, 11) is -4.20. The average molecular weight is 463 g/mol. The normalized spacial score (nSPS) is 16.3. The van der Waals surface area contributed by atoms with Crippen molar-refractivity contribution in [2.75, 3.05) is 4.90 Å². The lowest BCUT2D eigenvalue weighted by atomic mass is 10.0. The first-order chi connectivity index (χ1) is 15.8. The van der Waals surface area contributed by atoms with Gasteiger partial charge in [-0.3, -0.25) is 14.5 Å². The Hall–Kier alpha value is -3.91. The largest absolute Gasteiger partial charge is 0.502 e. The van der Waals surface area contributed by atoms with Crippen LogP contribution in [0.3, 0.4) is 0 Å². The molecule has 7 nitrogen and oxygen atoms in total. The maximum atomic E-state index is 13.6. The van der Waals surface area contributed by atoms with Crippen LogP contribution in [-0.2, 0) is 21.1 Å². The molecular formula is C25H22N2O5S. The van der Waals surface area contributed by atoms with Gasteiger partial charge in [-0.25, -0.2) is 8.42 Å². The van der Waals surface area contributed by atoms with Crippen LogP contribution in [0.4, 0.5) is 5.69 Å². The molecule has 0 saturated heterocycles. The zero-order valence-electron chi connectivity index (χ0n) is 17.8. The van der Waals surface area contributed by atoms with E-state index < -0.39 is 33.5 Å². The molecule has 1 heterocycles. The van der Waals surface area contributed by atoms with Crippen LogP contribution in [0.25, 0.3) is 0 Å². The van der Waals surface area contributed by atoms with Crippen LogP contribution >= 0.6 is 0 Å². The van der Waals surface area contributed by atoms with Crippen molar-refractivity contribution in [1.29, 1.82) is 0 Å². The van der Waals surface area contributed by atoms with E-state index >= 15 is 0 Å². The highest BCUT2D eigenvalue weighted by Crippen LogP contribution is 2.44. The third kappa shape index (κ3) is 3.89. The van der Waals surface area contributed by atoms with Crippen molar-refractivity contribution in [3.05, 3.63) is 106 Å². The predicted octanol–water partition coefficient (Wildman–Crippen LogP) is 3.68. The van der Waals surface area contributed by atoms with Crippen molar-refractivity contribution < 1.29 is 23.1 Å². The summed E-state index contributed by atoms with van der Waals surface area (Å²) in [5.41, 5.74) is 7.44. The number of primary amides is 1. The predicted molar refractivity (Wildman–Crippen MR) is 124 cm³/mol. The van der Waals surface area contributed by atoms with Gasteiger partial charge in [-0.1, -0.05) is 49.4 Å². The number of hydrogen-bond donors (Lipinski definition) is 2. The van der Waals surface area contributed by atoms with Crippen molar-refractivity contribution in [3.8, 4) is 0 Å². The zero-order valence-corrected chi connectivity index (χ0v) is 18.6. The molecule has 0 saturated carbocycles. The van der Waals surface area contributed by atoms with Gasteiger partial charge in [-0.05, 0) is 53.9 Å². The third-order valence-electron chi connectivity index (χ3n) is 5.64. The zero-order chi connectivity index (χ0) is 23.8. The molecule has 0 unspecified atom stereocenters. The van der Waals surface area contributed by atoms with E-state index in [-0.39, 0.29) is 15.4 Å². The van der Waals surface area contributed by atoms with Gasteiger partial charge in [0.05, 0.1) is 4.90 Å². The number of amides is 2. The van der Waals surface area contributed by atoms with Gasteiger partial charge in [0.1, 0.15) is 10.9 Å². The molecule has 0 aliphatic carbocycles. The van der Waals surface area contributed by atoms with E-state index in [1.54, 1.807) is 30.3 Å². The summed E-state index contributed by atoms with van der Waals surface area (Å²) in [5, 5.41) is 10.8. The molecule has 0 fully saturated rings. The second kappa shape index (κ2) is 8.55. The standard InChI is InChI=1S/C25H22N2O5S/c1-2-16-8-10-17(11-9-16)21-23(33(31,32)20-6-4-3-5-7-20)22(28)25(30)27(21)19-14-12-18(13-15-19)24(26)29/h3-15,21,28H,2H2,1H3,(H2,26,29)/t21-/m0/s1. The summed E-state index contributed by atoms with van der Waals surface area (Å²) in [6.07, 6.45) is 0.790. The van der Waals surface area contributed by atoms with Crippen LogP contribution in [0.15, 0.2) is 94.4 Å². The van der Waals surface area contributed by atoms with E-state index in [1.807, 2.05) is 19.1 Å². The quantitative estimate of drug-likeness (QED) is 0.579. The number of anilines is 1. The number of carbonyl (C=O) groups is 2. The molecule has 3 aromatic rings. The lowest BCUT2D eigenvalue weighted by Crippen LogP contribution is -2.31. The third-order valence-corrected chi connectivity index (χ3v) is 7.53. The van der Waals surface area contributed by atoms with Gasteiger partial charge in [0.2, 0.25) is 15.7 Å². The van der Waals surface area contributed by atoms with Crippen molar-refractivity contribution in [1.82, 2.24) is 0 Å². The molecule has 1 aliphatic heterocycles. The van der Waals surface area contributed by atoms with Crippen LogP contribution in [0.5, 0.6) is 0 Å². The highest BCUT2D eigenvalue weighted by Gasteiger charge is 2.47. The Morgan fingerprint density at radius 3 is 2.12 bits per heavy atom. The second-order valence-corrected chi connectivity index (χ2v) is 9.53. The molecule has 168 valence electrons. The van der Waals surface area contributed by atoms with Crippen molar-refractivity contribution in [3.63, 3.8) is 0 Å². The lowest BCUT2D eigenvalue weighted by molar-refractivity contribution is -0.117. The fraction of sp³-hybridized carbons (Fsp3) is 0.120. The second-order valence-electron chi connectivity index (χ2n) is 7.61. The van der Waals surface area contributed by atoms with E-state index in [2.05, 4.69) is 0 Å². The summed E-state index contributed by atoms with van der Waals surface area (Å²) >= 11 is 0. The fourth-order valence-electron chi connectivity index (χ4n) is 3.87. The number of aliphatic hydroxyl groups excluding tert-OH is 1. The number of sulfone groups is 1. The van der Waals surface area contributed by atoms with Crippen LogP contribution < -0.4 is 10.6 Å². The van der Waals surface area contributed by atoms with Gasteiger partial charge < -0.3 is 10.8 Å². The Bertz CT molecular complexity index is 1350. The van der Waals surface area contributed by atoms with E-state index in [0.717, 1.165) is 12.0 Å². The van der Waals surface area contributed by atoms with Gasteiger partial charge in [-0.15, -0.1) is 0 Å². The summed E-state index contributed by atoms with van der Waals surface area (Å²) in [4.78, 5) is 25.4. The number of nitrogens with two attached hydrogens (primary N) is 1. The van der Waals surface area contributed by atoms with Crippen molar-refractivity contribution in [2.45, 2.75) is 24.3 Å². The summed E-state index contributed by atoms with van der Waals surface area (Å²) in [6.45, 7) is 2.00. The topological polar surface area (TPSA) is 118 Å². The van der Waals surface area contributed by atoms with E-state index in [4.69, 9.17) is 5.73 Å². The highest BCUT2D eigenvalue weighted by atomic mass is 32.2. The van der Waals surface area contributed by atoms with Crippen LogP contribution in [0, 0.1) is 0 Å². The van der Waals surface area contributed by atoms with E-state index in [9.17, 15) is 23.1 Å². The van der Waals surface area contributed by atoms with E-state index in [0.29, 0.717) is 11.3 Å². The molecule has 3 N–H and O–H groups in total. The number of hydrogen-bond acceptors (Lipinski definition) is 5. The number of carbonyl (C=O) groups excluding carboxylic acids is 2. The molecule has 2 amide bonds. The maximum absolute atomic E-state index is 13.6. The number of nitrogens with zero attached hydrogens (tertiary/aromatic N) is 1. The summed E-state index contributed by atoms with van der Waals surface area (Å²) in [6, 6.07) is 19.7. The van der Waals surface area contributed by atoms with Gasteiger partial charge in [0.25, 0.3) is 5.91 Å². The van der Waals surface area contributed by atoms with E-state index in [1.165, 1.54) is 41.3 Å².